The summed E-state index contributed by atoms with van der Waals surface area (Å²) in [6.45, 7) is 0.865. The maximum absolute atomic E-state index is 12.6. The Morgan fingerprint density at radius 1 is 1.06 bits per heavy atom. The summed E-state index contributed by atoms with van der Waals surface area (Å²) in [6, 6.07) is 9.56. The number of benzene rings is 2. The number of hydrogen-bond acceptors (Lipinski definition) is 7. The van der Waals surface area contributed by atoms with E-state index in [1.165, 1.54) is 35.6 Å². The zero-order valence-corrected chi connectivity index (χ0v) is 20.9. The van der Waals surface area contributed by atoms with E-state index in [9.17, 15) is 13.2 Å². The van der Waals surface area contributed by atoms with Crippen molar-refractivity contribution >= 4 is 48.9 Å². The van der Waals surface area contributed by atoms with Gasteiger partial charge in [0.25, 0.3) is 0 Å². The molecule has 0 atom stereocenters. The van der Waals surface area contributed by atoms with Gasteiger partial charge in [-0.25, -0.2) is 8.42 Å². The molecule has 0 saturated heterocycles. The van der Waals surface area contributed by atoms with Crippen molar-refractivity contribution in [2.24, 2.45) is 4.99 Å². The maximum atomic E-state index is 12.6. The molecule has 11 heteroatoms. The number of fused-ring (bicyclic) bond motifs is 1. The Morgan fingerprint density at radius 3 is 2.36 bits per heavy atom. The van der Waals surface area contributed by atoms with Crippen LogP contribution in [0.5, 0.6) is 11.5 Å². The summed E-state index contributed by atoms with van der Waals surface area (Å²) in [4.78, 5) is 17.5. The van der Waals surface area contributed by atoms with Crippen LogP contribution in [-0.4, -0.2) is 52.6 Å². The predicted octanol–water partition coefficient (Wildman–Crippen LogP) is 3.70. The average molecular weight is 513 g/mol. The molecule has 0 saturated carbocycles. The fraction of sp³-hybridized carbons (Fsp3) is 0.364. The van der Waals surface area contributed by atoms with Crippen LogP contribution in [0.2, 0.25) is 5.02 Å². The Bertz CT molecular complexity index is 1300. The Labute approximate surface area is 201 Å². The van der Waals surface area contributed by atoms with E-state index in [1.807, 2.05) is 4.57 Å². The van der Waals surface area contributed by atoms with Crippen molar-refractivity contribution in [3.8, 4) is 11.5 Å². The maximum Gasteiger partial charge on any atom is 0.248 e. The van der Waals surface area contributed by atoms with Gasteiger partial charge in [0.1, 0.15) is 21.7 Å². The number of carbonyl (C=O) groups is 1. The third-order valence-corrected chi connectivity index (χ3v) is 8.07. The van der Waals surface area contributed by atoms with Gasteiger partial charge in [0.15, 0.2) is 14.6 Å². The van der Waals surface area contributed by atoms with Gasteiger partial charge < -0.3 is 18.8 Å². The monoisotopic (exact) mass is 512 g/mol. The van der Waals surface area contributed by atoms with Crippen LogP contribution in [0.15, 0.2) is 46.3 Å². The summed E-state index contributed by atoms with van der Waals surface area (Å²) in [5.41, 5.74) is 0.760. The van der Waals surface area contributed by atoms with Gasteiger partial charge in [-0.3, -0.25) is 4.79 Å². The van der Waals surface area contributed by atoms with Crippen LogP contribution < -0.4 is 14.3 Å². The molecule has 0 N–H and O–H groups in total. The van der Waals surface area contributed by atoms with E-state index < -0.39 is 15.7 Å². The third kappa shape index (κ3) is 5.94. The fourth-order valence-corrected chi connectivity index (χ4v) is 5.88. The average Bonchev–Trinajstić information content (AvgIpc) is 3.15. The number of hydrogen-bond donors (Lipinski definition) is 0. The summed E-state index contributed by atoms with van der Waals surface area (Å²) >= 11 is 7.12. The molecule has 8 nitrogen and oxygen atoms in total. The molecule has 1 amide bonds. The number of ether oxygens (including phenoxy) is 3. The van der Waals surface area contributed by atoms with Crippen LogP contribution in [0.25, 0.3) is 10.2 Å². The number of rotatable bonds is 10. The minimum Gasteiger partial charge on any atom is -0.495 e. The van der Waals surface area contributed by atoms with Gasteiger partial charge in [0, 0.05) is 25.1 Å². The molecular formula is C22H25ClN2O6S2. The molecule has 0 spiro atoms. The normalized spacial score (nSPS) is 12.3. The molecule has 1 aromatic heterocycles. The topological polar surface area (TPSA) is 96.2 Å². The summed E-state index contributed by atoms with van der Waals surface area (Å²) in [5.74, 6) is 0.705. The largest absolute Gasteiger partial charge is 0.495 e. The molecule has 0 radical (unpaired) electrons. The molecule has 3 aromatic rings. The van der Waals surface area contributed by atoms with Crippen LogP contribution in [0.1, 0.15) is 12.8 Å². The molecule has 0 aliphatic carbocycles. The first-order valence-corrected chi connectivity index (χ1v) is 12.9. The first-order chi connectivity index (χ1) is 15.8. The molecule has 0 aliphatic heterocycles. The van der Waals surface area contributed by atoms with Crippen molar-refractivity contribution in [2.75, 3.05) is 33.7 Å². The Morgan fingerprint density at radius 2 is 1.73 bits per heavy atom. The van der Waals surface area contributed by atoms with Crippen LogP contribution >= 0.6 is 22.9 Å². The van der Waals surface area contributed by atoms with E-state index in [1.54, 1.807) is 33.5 Å². The van der Waals surface area contributed by atoms with E-state index in [-0.39, 0.29) is 23.5 Å². The number of sulfone groups is 1. The van der Waals surface area contributed by atoms with Gasteiger partial charge in [-0.05, 0) is 42.8 Å². The Kier molecular flexibility index (Phi) is 8.52. The van der Waals surface area contributed by atoms with Crippen LogP contribution in [-0.2, 0) is 25.9 Å². The molecular weight excluding hydrogens is 488 g/mol. The van der Waals surface area contributed by atoms with Crippen LogP contribution in [0, 0.1) is 0 Å². The summed E-state index contributed by atoms with van der Waals surface area (Å²) < 4.78 is 43.8. The van der Waals surface area contributed by atoms with Crippen LogP contribution in [0.3, 0.4) is 0 Å². The van der Waals surface area contributed by atoms with Crippen molar-refractivity contribution < 1.29 is 27.4 Å². The smallest absolute Gasteiger partial charge is 0.248 e. The molecule has 178 valence electrons. The quantitative estimate of drug-likeness (QED) is 0.411. The predicted molar refractivity (Wildman–Crippen MR) is 128 cm³/mol. The zero-order chi connectivity index (χ0) is 24.0. The molecule has 0 aliphatic rings. The van der Waals surface area contributed by atoms with Crippen molar-refractivity contribution in [1.29, 1.82) is 0 Å². The molecule has 0 bridgehead atoms. The lowest BCUT2D eigenvalue weighted by Gasteiger charge is -2.09. The minimum absolute atomic E-state index is 0.000384. The second kappa shape index (κ2) is 11.1. The fourth-order valence-electron chi connectivity index (χ4n) is 3.27. The highest BCUT2D eigenvalue weighted by molar-refractivity contribution is 7.91. The minimum atomic E-state index is -3.51. The van der Waals surface area contributed by atoms with Gasteiger partial charge in [-0.2, -0.15) is 4.99 Å². The molecule has 33 heavy (non-hydrogen) atoms. The highest BCUT2D eigenvalue weighted by Gasteiger charge is 2.18. The van der Waals surface area contributed by atoms with Gasteiger partial charge in [0.2, 0.25) is 5.91 Å². The lowest BCUT2D eigenvalue weighted by atomic mass is 10.3. The lowest BCUT2D eigenvalue weighted by Crippen LogP contribution is -2.19. The molecule has 0 fully saturated rings. The number of carbonyl (C=O) groups excluding carboxylic acids is 1. The van der Waals surface area contributed by atoms with Gasteiger partial charge >= 0.3 is 0 Å². The van der Waals surface area contributed by atoms with E-state index in [0.29, 0.717) is 34.5 Å². The summed E-state index contributed by atoms with van der Waals surface area (Å²) in [5, 5.41) is 0.460. The van der Waals surface area contributed by atoms with Gasteiger partial charge in [-0.1, -0.05) is 22.9 Å². The third-order valence-electron chi connectivity index (χ3n) is 4.91. The second-order valence-corrected chi connectivity index (χ2v) is 10.6. The number of aromatic nitrogens is 1. The molecule has 0 unspecified atom stereocenters. The first-order valence-electron chi connectivity index (χ1n) is 10.1. The first kappa shape index (κ1) is 25.2. The van der Waals surface area contributed by atoms with Crippen molar-refractivity contribution in [2.45, 2.75) is 24.3 Å². The number of thiazole rings is 1. The second-order valence-electron chi connectivity index (χ2n) is 7.06. The van der Waals surface area contributed by atoms with Gasteiger partial charge in [-0.15, -0.1) is 0 Å². The number of halogens is 1. The Hall–Kier alpha value is -2.40. The molecule has 1 heterocycles. The summed E-state index contributed by atoms with van der Waals surface area (Å²) in [6.07, 6.45) is 0.155. The molecule has 2 aromatic carbocycles. The van der Waals surface area contributed by atoms with E-state index in [2.05, 4.69) is 4.99 Å². The number of methoxy groups -OCH3 is 3. The highest BCUT2D eigenvalue weighted by atomic mass is 35.5. The van der Waals surface area contributed by atoms with Crippen molar-refractivity contribution in [1.82, 2.24) is 4.57 Å². The van der Waals surface area contributed by atoms with Gasteiger partial charge in [0.05, 0.1) is 31.5 Å². The van der Waals surface area contributed by atoms with E-state index in [4.69, 9.17) is 25.8 Å². The summed E-state index contributed by atoms with van der Waals surface area (Å²) in [7, 11) is 1.23. The number of amides is 1. The van der Waals surface area contributed by atoms with E-state index >= 15 is 0 Å². The van der Waals surface area contributed by atoms with Crippen molar-refractivity contribution in [3.63, 3.8) is 0 Å². The van der Waals surface area contributed by atoms with Crippen molar-refractivity contribution in [3.05, 3.63) is 46.2 Å². The lowest BCUT2D eigenvalue weighted by molar-refractivity contribution is -0.118. The standard InChI is InChI=1S/C22H25ClN2O6S2/c1-29-13-12-25-20-17(30-2)10-11-18(31-3)21(20)32-22(25)24-19(26)5-4-14-33(27,28)16-8-6-15(23)7-9-16/h6-11H,4-5,12-14H2,1-3H3. The Balaban J connectivity index is 1.85. The number of nitrogens with zero attached hydrogens (tertiary/aromatic N) is 2. The highest BCUT2D eigenvalue weighted by Crippen LogP contribution is 2.35. The van der Waals surface area contributed by atoms with E-state index in [0.717, 1.165) is 10.2 Å². The molecule has 3 rings (SSSR count). The SMILES string of the molecule is COCCn1c(=NC(=O)CCCS(=O)(=O)c2ccc(Cl)cc2)sc2c(OC)ccc(OC)c21. The zero-order valence-electron chi connectivity index (χ0n) is 18.5. The van der Waals surface area contributed by atoms with Crippen LogP contribution in [0.4, 0.5) is 0 Å².